The largest absolute Gasteiger partial charge is 0.355 e. The van der Waals surface area contributed by atoms with Crippen molar-refractivity contribution in [3.05, 3.63) is 65.5 Å². The molecule has 1 fully saturated rings. The molecule has 3 rings (SSSR count). The highest BCUT2D eigenvalue weighted by Gasteiger charge is 2.33. The summed E-state index contributed by atoms with van der Waals surface area (Å²) in [6, 6.07) is 13.2. The molecule has 2 aromatic rings. The average Bonchev–Trinajstić information content (AvgIpc) is 2.74. The number of benzene rings is 2. The molecule has 5 nitrogen and oxygen atoms in total. The van der Waals surface area contributed by atoms with Gasteiger partial charge in [0.25, 0.3) is 0 Å². The van der Waals surface area contributed by atoms with E-state index in [1.807, 2.05) is 6.07 Å². The lowest BCUT2D eigenvalue weighted by molar-refractivity contribution is -0.125. The van der Waals surface area contributed by atoms with Gasteiger partial charge < -0.3 is 5.32 Å². The van der Waals surface area contributed by atoms with Crippen molar-refractivity contribution >= 4 is 27.7 Å². The molecule has 0 aliphatic carbocycles. The van der Waals surface area contributed by atoms with E-state index in [-0.39, 0.29) is 23.3 Å². The highest BCUT2D eigenvalue weighted by molar-refractivity contribution is 7.98. The van der Waals surface area contributed by atoms with Gasteiger partial charge in [0.1, 0.15) is 5.82 Å². The Labute approximate surface area is 182 Å². The van der Waals surface area contributed by atoms with Crippen LogP contribution in [0, 0.1) is 18.7 Å². The number of hydrogen-bond donors (Lipinski definition) is 1. The number of nitrogens with zero attached hydrogens (tertiary/aromatic N) is 1. The van der Waals surface area contributed by atoms with Crippen molar-refractivity contribution in [1.82, 2.24) is 9.62 Å². The standard InChI is InChI=1S/C22H27FN2O3S2/c1-17-4-2-5-18(14-17)16-29-13-11-24-22(26)19-6-3-12-25(15-19)30(27,28)21-9-7-20(23)8-10-21/h2,4-5,7-10,14,19H,3,6,11-13,15-16H2,1H3,(H,24,26)/t19-/m1/s1. The van der Waals surface area contributed by atoms with Crippen LogP contribution in [0.3, 0.4) is 0 Å². The van der Waals surface area contributed by atoms with E-state index in [0.717, 1.165) is 23.6 Å². The second-order valence-corrected chi connectivity index (χ2v) is 10.5. The first-order chi connectivity index (χ1) is 14.4. The Kier molecular flexibility index (Phi) is 7.91. The number of nitrogens with one attached hydrogen (secondary N) is 1. The number of hydrogen-bond acceptors (Lipinski definition) is 4. The summed E-state index contributed by atoms with van der Waals surface area (Å²) >= 11 is 1.76. The zero-order chi connectivity index (χ0) is 21.6. The van der Waals surface area contributed by atoms with Crippen LogP contribution < -0.4 is 5.32 Å². The topological polar surface area (TPSA) is 66.5 Å². The Morgan fingerprint density at radius 3 is 2.73 bits per heavy atom. The highest BCUT2D eigenvalue weighted by atomic mass is 32.2. The van der Waals surface area contributed by atoms with E-state index in [9.17, 15) is 17.6 Å². The van der Waals surface area contributed by atoms with Crippen LogP contribution in [0.1, 0.15) is 24.0 Å². The lowest BCUT2D eigenvalue weighted by Gasteiger charge is -2.31. The van der Waals surface area contributed by atoms with E-state index >= 15 is 0 Å². The number of carbonyl (C=O) groups is 1. The first kappa shape index (κ1) is 22.8. The molecule has 0 spiro atoms. The smallest absolute Gasteiger partial charge is 0.243 e. The summed E-state index contributed by atoms with van der Waals surface area (Å²) in [5.74, 6) is 0.736. The van der Waals surface area contributed by atoms with Gasteiger partial charge in [-0.15, -0.1) is 0 Å². The number of sulfonamides is 1. The summed E-state index contributed by atoms with van der Waals surface area (Å²) in [4.78, 5) is 12.6. The molecule has 0 bridgehead atoms. The summed E-state index contributed by atoms with van der Waals surface area (Å²) in [5.41, 5.74) is 2.50. The molecule has 8 heteroatoms. The second kappa shape index (κ2) is 10.4. The fraction of sp³-hybridized carbons (Fsp3) is 0.409. The van der Waals surface area contributed by atoms with Gasteiger partial charge >= 0.3 is 0 Å². The van der Waals surface area contributed by atoms with E-state index in [1.165, 1.54) is 27.6 Å². The van der Waals surface area contributed by atoms with Crippen molar-refractivity contribution in [3.63, 3.8) is 0 Å². The lowest BCUT2D eigenvalue weighted by atomic mass is 9.99. The van der Waals surface area contributed by atoms with Crippen LogP contribution in [0.25, 0.3) is 0 Å². The zero-order valence-electron chi connectivity index (χ0n) is 17.0. The maximum absolute atomic E-state index is 13.1. The molecule has 1 aliphatic rings. The summed E-state index contributed by atoms with van der Waals surface area (Å²) in [7, 11) is -3.73. The molecular weight excluding hydrogens is 423 g/mol. The average molecular weight is 451 g/mol. The van der Waals surface area contributed by atoms with Gasteiger partial charge in [-0.1, -0.05) is 29.8 Å². The summed E-state index contributed by atoms with van der Waals surface area (Å²) in [5, 5.41) is 2.94. The van der Waals surface area contributed by atoms with E-state index in [0.29, 0.717) is 25.9 Å². The molecular formula is C22H27FN2O3S2. The Bertz CT molecular complexity index is 965. The molecule has 162 valence electrons. The van der Waals surface area contributed by atoms with Crippen LogP contribution in [-0.4, -0.2) is 44.0 Å². The van der Waals surface area contributed by atoms with Crippen LogP contribution in [-0.2, 0) is 20.6 Å². The first-order valence-corrected chi connectivity index (χ1v) is 12.6. The normalized spacial score (nSPS) is 17.6. The minimum absolute atomic E-state index is 0.0532. The molecule has 2 aromatic carbocycles. The van der Waals surface area contributed by atoms with E-state index in [1.54, 1.807) is 11.8 Å². The summed E-state index contributed by atoms with van der Waals surface area (Å²) < 4.78 is 40.0. The molecule has 30 heavy (non-hydrogen) atoms. The number of piperidine rings is 1. The number of thioether (sulfide) groups is 1. The Balaban J connectivity index is 1.46. The Morgan fingerprint density at radius 1 is 1.23 bits per heavy atom. The number of halogens is 1. The summed E-state index contributed by atoms with van der Waals surface area (Å²) in [6.07, 6.45) is 1.29. The third kappa shape index (κ3) is 6.06. The van der Waals surface area contributed by atoms with Gasteiger partial charge in [-0.25, -0.2) is 12.8 Å². The Morgan fingerprint density at radius 2 is 2.00 bits per heavy atom. The zero-order valence-corrected chi connectivity index (χ0v) is 18.6. The number of rotatable bonds is 8. The molecule has 1 saturated heterocycles. The minimum Gasteiger partial charge on any atom is -0.355 e. The number of amides is 1. The van der Waals surface area contributed by atoms with Crippen LogP contribution >= 0.6 is 11.8 Å². The van der Waals surface area contributed by atoms with Crippen molar-refractivity contribution in [3.8, 4) is 0 Å². The molecule has 0 radical (unpaired) electrons. The maximum Gasteiger partial charge on any atom is 0.243 e. The fourth-order valence-corrected chi connectivity index (χ4v) is 5.84. The molecule has 0 unspecified atom stereocenters. The fourth-order valence-electron chi connectivity index (χ4n) is 3.51. The van der Waals surface area contributed by atoms with E-state index in [4.69, 9.17) is 0 Å². The van der Waals surface area contributed by atoms with Gasteiger partial charge in [-0.3, -0.25) is 4.79 Å². The van der Waals surface area contributed by atoms with Gasteiger partial charge in [-0.05, 0) is 49.6 Å². The predicted octanol–water partition coefficient (Wildman–Crippen LogP) is 3.58. The van der Waals surface area contributed by atoms with Gasteiger partial charge in [0.15, 0.2) is 0 Å². The van der Waals surface area contributed by atoms with Crippen LogP contribution in [0.5, 0.6) is 0 Å². The van der Waals surface area contributed by atoms with Crippen molar-refractivity contribution in [2.45, 2.75) is 30.4 Å². The molecule has 1 amide bonds. The van der Waals surface area contributed by atoms with Crippen LogP contribution in [0.15, 0.2) is 53.4 Å². The van der Waals surface area contributed by atoms with E-state index in [2.05, 4.69) is 30.4 Å². The predicted molar refractivity (Wildman–Crippen MR) is 118 cm³/mol. The van der Waals surface area contributed by atoms with Gasteiger partial charge in [0.05, 0.1) is 10.8 Å². The van der Waals surface area contributed by atoms with E-state index < -0.39 is 15.8 Å². The molecule has 0 saturated carbocycles. The number of carbonyl (C=O) groups excluding carboxylic acids is 1. The molecule has 1 heterocycles. The molecule has 1 N–H and O–H groups in total. The third-order valence-corrected chi connectivity index (χ3v) is 8.01. The minimum atomic E-state index is -3.73. The van der Waals surface area contributed by atoms with Crippen LogP contribution in [0.4, 0.5) is 4.39 Å². The van der Waals surface area contributed by atoms with Crippen LogP contribution in [0.2, 0.25) is 0 Å². The molecule has 1 aliphatic heterocycles. The monoisotopic (exact) mass is 450 g/mol. The lowest BCUT2D eigenvalue weighted by Crippen LogP contribution is -2.45. The van der Waals surface area contributed by atoms with Crippen molar-refractivity contribution in [1.29, 1.82) is 0 Å². The first-order valence-electron chi connectivity index (χ1n) is 10.0. The van der Waals surface area contributed by atoms with Gasteiger partial charge in [0.2, 0.25) is 15.9 Å². The van der Waals surface area contributed by atoms with Gasteiger partial charge in [0, 0.05) is 31.1 Å². The van der Waals surface area contributed by atoms with Crippen molar-refractivity contribution < 1.29 is 17.6 Å². The SMILES string of the molecule is Cc1cccc(CSCCNC(=O)[C@@H]2CCCN(S(=O)(=O)c3ccc(F)cc3)C2)c1. The third-order valence-electron chi connectivity index (χ3n) is 5.10. The summed E-state index contributed by atoms with van der Waals surface area (Å²) in [6.45, 7) is 3.15. The second-order valence-electron chi connectivity index (χ2n) is 7.49. The quantitative estimate of drug-likeness (QED) is 0.625. The number of aryl methyl sites for hydroxylation is 1. The van der Waals surface area contributed by atoms with Crippen molar-refractivity contribution in [2.24, 2.45) is 5.92 Å². The Hall–Kier alpha value is -1.90. The maximum atomic E-state index is 13.1. The van der Waals surface area contributed by atoms with Crippen molar-refractivity contribution in [2.75, 3.05) is 25.4 Å². The highest BCUT2D eigenvalue weighted by Crippen LogP contribution is 2.24. The molecule has 1 atom stereocenters. The van der Waals surface area contributed by atoms with Gasteiger partial charge in [-0.2, -0.15) is 16.1 Å². The molecule has 0 aromatic heterocycles.